The van der Waals surface area contributed by atoms with E-state index < -0.39 is 12.0 Å². The van der Waals surface area contributed by atoms with Crippen LogP contribution < -0.4 is 10.9 Å². The van der Waals surface area contributed by atoms with Crippen molar-refractivity contribution >= 4 is 17.7 Å². The van der Waals surface area contributed by atoms with E-state index in [1.807, 2.05) is 0 Å². The Kier molecular flexibility index (Phi) is 3.49. The highest BCUT2D eigenvalue weighted by molar-refractivity contribution is 7.99. The first-order valence-corrected chi connectivity index (χ1v) is 6.27. The Bertz CT molecular complexity index is 498. The average Bonchev–Trinajstić information content (AvgIpc) is 2.75. The van der Waals surface area contributed by atoms with E-state index in [2.05, 4.69) is 10.3 Å². The molecule has 1 aromatic heterocycles. The summed E-state index contributed by atoms with van der Waals surface area (Å²) >= 11 is 1.50. The van der Waals surface area contributed by atoms with Crippen LogP contribution in [0.4, 0.5) is 0 Å². The maximum Gasteiger partial charge on any atom is 0.267 e. The van der Waals surface area contributed by atoms with Crippen molar-refractivity contribution in [3.8, 4) is 0 Å². The molecule has 0 saturated carbocycles. The molecule has 92 valence electrons. The number of aliphatic hydroxyl groups excluding tert-OH is 1. The van der Waals surface area contributed by atoms with Gasteiger partial charge in [-0.15, -0.1) is 0 Å². The molecule has 6 nitrogen and oxygen atoms in total. The zero-order valence-corrected chi connectivity index (χ0v) is 10.2. The van der Waals surface area contributed by atoms with Crippen LogP contribution in [0.1, 0.15) is 17.3 Å². The van der Waals surface area contributed by atoms with Crippen molar-refractivity contribution in [2.75, 3.05) is 12.3 Å². The molecule has 1 aromatic rings. The van der Waals surface area contributed by atoms with Crippen molar-refractivity contribution < 1.29 is 9.90 Å². The largest absolute Gasteiger partial charge is 0.392 e. The molecule has 0 aliphatic carbocycles. The summed E-state index contributed by atoms with van der Waals surface area (Å²) in [7, 11) is 0. The highest BCUT2D eigenvalue weighted by Gasteiger charge is 2.19. The zero-order valence-electron chi connectivity index (χ0n) is 9.34. The molecule has 0 spiro atoms. The standard InChI is InChI=1S/C10H13N3O3S/c1-6(14)4-11-8(15)7-5-12-10-13(9(7)16)2-3-17-10/h5-6,14H,2-4H2,1H3,(H,11,15)/t6-/m1/s1. The van der Waals surface area contributed by atoms with Crippen LogP contribution in [0.3, 0.4) is 0 Å². The molecule has 1 aliphatic heterocycles. The third-order valence-electron chi connectivity index (χ3n) is 2.36. The molecule has 0 unspecified atom stereocenters. The van der Waals surface area contributed by atoms with Gasteiger partial charge >= 0.3 is 0 Å². The van der Waals surface area contributed by atoms with Crippen molar-refractivity contribution in [2.45, 2.75) is 24.7 Å². The third kappa shape index (κ3) is 2.50. The fraction of sp³-hybridized carbons (Fsp3) is 0.500. The monoisotopic (exact) mass is 255 g/mol. The van der Waals surface area contributed by atoms with E-state index in [-0.39, 0.29) is 17.7 Å². The Labute approximate surface area is 102 Å². The van der Waals surface area contributed by atoms with Gasteiger partial charge in [0, 0.05) is 25.0 Å². The Balaban J connectivity index is 2.22. The van der Waals surface area contributed by atoms with Crippen molar-refractivity contribution in [3.05, 3.63) is 22.1 Å². The molecule has 0 saturated heterocycles. The molecule has 0 fully saturated rings. The van der Waals surface area contributed by atoms with Gasteiger partial charge in [-0.1, -0.05) is 11.8 Å². The summed E-state index contributed by atoms with van der Waals surface area (Å²) in [6.07, 6.45) is 0.656. The van der Waals surface area contributed by atoms with E-state index in [0.29, 0.717) is 11.7 Å². The summed E-state index contributed by atoms with van der Waals surface area (Å²) < 4.78 is 1.50. The predicted molar refractivity (Wildman–Crippen MR) is 63.2 cm³/mol. The second kappa shape index (κ2) is 4.89. The van der Waals surface area contributed by atoms with Crippen LogP contribution in [0.2, 0.25) is 0 Å². The number of thioether (sulfide) groups is 1. The van der Waals surface area contributed by atoms with Crippen molar-refractivity contribution in [1.29, 1.82) is 0 Å². The maximum atomic E-state index is 11.9. The van der Waals surface area contributed by atoms with Crippen LogP contribution >= 0.6 is 11.8 Å². The summed E-state index contributed by atoms with van der Waals surface area (Å²) in [4.78, 5) is 27.7. The quantitative estimate of drug-likeness (QED) is 0.709. The second-order valence-corrected chi connectivity index (χ2v) is 4.88. The van der Waals surface area contributed by atoms with E-state index in [4.69, 9.17) is 5.11 Å². The lowest BCUT2D eigenvalue weighted by atomic mass is 10.3. The molecule has 17 heavy (non-hydrogen) atoms. The normalized spacial score (nSPS) is 15.4. The first-order valence-electron chi connectivity index (χ1n) is 5.28. The van der Waals surface area contributed by atoms with Crippen molar-refractivity contribution in [1.82, 2.24) is 14.9 Å². The van der Waals surface area contributed by atoms with Gasteiger partial charge in [0.15, 0.2) is 5.16 Å². The van der Waals surface area contributed by atoms with Gasteiger partial charge in [0.05, 0.1) is 6.10 Å². The smallest absolute Gasteiger partial charge is 0.267 e. The number of nitrogens with zero attached hydrogens (tertiary/aromatic N) is 2. The molecule has 0 radical (unpaired) electrons. The number of fused-ring (bicyclic) bond motifs is 1. The molecule has 0 aromatic carbocycles. The summed E-state index contributed by atoms with van der Waals surface area (Å²) in [6, 6.07) is 0. The number of carbonyl (C=O) groups excluding carboxylic acids is 1. The zero-order chi connectivity index (χ0) is 12.4. The van der Waals surface area contributed by atoms with E-state index in [9.17, 15) is 9.59 Å². The fourth-order valence-electron chi connectivity index (χ4n) is 1.51. The summed E-state index contributed by atoms with van der Waals surface area (Å²) in [5, 5.41) is 12.2. The molecule has 7 heteroatoms. The number of nitrogens with one attached hydrogen (secondary N) is 1. The Morgan fingerprint density at radius 1 is 1.76 bits per heavy atom. The number of aromatic nitrogens is 2. The van der Waals surface area contributed by atoms with E-state index in [1.54, 1.807) is 6.92 Å². The molecule has 1 atom stereocenters. The number of aliphatic hydroxyl groups is 1. The molecule has 2 N–H and O–H groups in total. The van der Waals surface area contributed by atoms with Crippen LogP contribution in [0.15, 0.2) is 16.1 Å². The third-order valence-corrected chi connectivity index (χ3v) is 3.33. The van der Waals surface area contributed by atoms with Gasteiger partial charge in [0.25, 0.3) is 11.5 Å². The molecular formula is C10H13N3O3S. The molecule has 1 amide bonds. The Morgan fingerprint density at radius 2 is 2.53 bits per heavy atom. The van der Waals surface area contributed by atoms with E-state index in [1.165, 1.54) is 22.5 Å². The lowest BCUT2D eigenvalue weighted by Crippen LogP contribution is -2.36. The van der Waals surface area contributed by atoms with Gasteiger partial charge in [-0.25, -0.2) is 4.98 Å². The molecular weight excluding hydrogens is 242 g/mol. The minimum Gasteiger partial charge on any atom is -0.392 e. The van der Waals surface area contributed by atoms with Crippen LogP contribution in [0.25, 0.3) is 0 Å². The average molecular weight is 255 g/mol. The van der Waals surface area contributed by atoms with Crippen LogP contribution in [-0.2, 0) is 6.54 Å². The number of amides is 1. The number of hydrogen-bond acceptors (Lipinski definition) is 5. The highest BCUT2D eigenvalue weighted by Crippen LogP contribution is 2.20. The van der Waals surface area contributed by atoms with E-state index >= 15 is 0 Å². The van der Waals surface area contributed by atoms with Gasteiger partial charge in [-0.05, 0) is 6.92 Å². The lowest BCUT2D eigenvalue weighted by Gasteiger charge is -2.07. The van der Waals surface area contributed by atoms with Crippen LogP contribution in [0, 0.1) is 0 Å². The predicted octanol–water partition coefficient (Wildman–Crippen LogP) is -0.540. The minimum atomic E-state index is -0.639. The molecule has 0 bridgehead atoms. The first-order chi connectivity index (χ1) is 8.09. The lowest BCUT2D eigenvalue weighted by molar-refractivity contribution is 0.0921. The highest BCUT2D eigenvalue weighted by atomic mass is 32.2. The second-order valence-electron chi connectivity index (χ2n) is 3.82. The van der Waals surface area contributed by atoms with Gasteiger partial charge in [-0.2, -0.15) is 0 Å². The van der Waals surface area contributed by atoms with Crippen LogP contribution in [0.5, 0.6) is 0 Å². The van der Waals surface area contributed by atoms with Crippen molar-refractivity contribution in [3.63, 3.8) is 0 Å². The SMILES string of the molecule is C[C@@H](O)CNC(=O)c1cnc2n(c1=O)CCS2. The molecule has 1 aliphatic rings. The maximum absolute atomic E-state index is 11.9. The summed E-state index contributed by atoms with van der Waals surface area (Å²) in [6.45, 7) is 2.27. The summed E-state index contributed by atoms with van der Waals surface area (Å²) in [5.74, 6) is 0.316. The van der Waals surface area contributed by atoms with Crippen LogP contribution in [-0.4, -0.2) is 39.0 Å². The van der Waals surface area contributed by atoms with Gasteiger partial charge in [0.1, 0.15) is 5.56 Å². The van der Waals surface area contributed by atoms with E-state index in [0.717, 1.165) is 5.75 Å². The minimum absolute atomic E-state index is 0.0249. The number of hydrogen-bond donors (Lipinski definition) is 2. The topological polar surface area (TPSA) is 84.2 Å². The number of rotatable bonds is 3. The Morgan fingerprint density at radius 3 is 3.24 bits per heavy atom. The van der Waals surface area contributed by atoms with Crippen molar-refractivity contribution in [2.24, 2.45) is 0 Å². The molecule has 2 rings (SSSR count). The van der Waals surface area contributed by atoms with Gasteiger partial charge < -0.3 is 10.4 Å². The van der Waals surface area contributed by atoms with Gasteiger partial charge in [-0.3, -0.25) is 14.2 Å². The fourth-order valence-corrected chi connectivity index (χ4v) is 2.42. The Hall–Kier alpha value is -1.34. The number of carbonyl (C=O) groups is 1. The molecule has 2 heterocycles. The first kappa shape index (κ1) is 12.1. The summed E-state index contributed by atoms with van der Waals surface area (Å²) in [5.41, 5.74) is -0.292. The van der Waals surface area contributed by atoms with Gasteiger partial charge in [0.2, 0.25) is 0 Å².